The molecule has 2 heterocycles. The van der Waals surface area contributed by atoms with E-state index in [-0.39, 0.29) is 0 Å². The first-order valence-corrected chi connectivity index (χ1v) is 5.29. The molecule has 0 bridgehead atoms. The van der Waals surface area contributed by atoms with Crippen LogP contribution in [0.15, 0.2) is 24.0 Å². The third kappa shape index (κ3) is 1.56. The summed E-state index contributed by atoms with van der Waals surface area (Å²) in [6, 6.07) is 0. The van der Waals surface area contributed by atoms with Crippen LogP contribution in [-0.4, -0.2) is 19.6 Å². The number of nitrogens with zero attached hydrogens (tertiary/aromatic N) is 3. The lowest BCUT2D eigenvalue weighted by Gasteiger charge is -2.08. The molecule has 0 aromatic carbocycles. The summed E-state index contributed by atoms with van der Waals surface area (Å²) in [7, 11) is 0. The minimum absolute atomic E-state index is 0.655. The van der Waals surface area contributed by atoms with Gasteiger partial charge in [0, 0.05) is 30.5 Å². The molecule has 0 aliphatic rings. The zero-order valence-electron chi connectivity index (χ0n) is 7.79. The van der Waals surface area contributed by atoms with Crippen molar-refractivity contribution in [3.8, 4) is 0 Å². The quantitative estimate of drug-likeness (QED) is 0.832. The number of aryl methyl sites for hydroxylation is 1. The molecule has 5 heteroatoms. The maximum atomic E-state index is 9.95. The number of aliphatic hydroxyl groups is 1. The first kappa shape index (κ1) is 9.36. The molecule has 1 atom stereocenters. The Bertz CT molecular complexity index is 396. The summed E-state index contributed by atoms with van der Waals surface area (Å²) < 4.78 is 1.91. The largest absolute Gasteiger partial charge is 0.378 e. The average molecular weight is 209 g/mol. The smallest absolute Gasteiger partial charge is 0.163 e. The fourth-order valence-electron chi connectivity index (χ4n) is 1.32. The van der Waals surface area contributed by atoms with E-state index in [0.29, 0.717) is 10.8 Å². The zero-order chi connectivity index (χ0) is 9.97. The third-order valence-electron chi connectivity index (χ3n) is 2.02. The Morgan fingerprint density at radius 2 is 2.36 bits per heavy atom. The van der Waals surface area contributed by atoms with Gasteiger partial charge in [0.15, 0.2) is 6.10 Å². The molecule has 2 rings (SSSR count). The highest BCUT2D eigenvalue weighted by molar-refractivity contribution is 7.09. The summed E-state index contributed by atoms with van der Waals surface area (Å²) in [5, 5.41) is 12.5. The fraction of sp³-hybridized carbons (Fsp3) is 0.333. The Morgan fingerprint density at radius 1 is 1.50 bits per heavy atom. The minimum Gasteiger partial charge on any atom is -0.378 e. The van der Waals surface area contributed by atoms with Crippen LogP contribution in [0.5, 0.6) is 0 Å². The van der Waals surface area contributed by atoms with Crippen LogP contribution in [0.3, 0.4) is 0 Å². The van der Waals surface area contributed by atoms with E-state index in [1.807, 2.05) is 23.1 Å². The van der Waals surface area contributed by atoms with E-state index in [9.17, 15) is 5.11 Å². The second-order valence-corrected chi connectivity index (χ2v) is 3.77. The van der Waals surface area contributed by atoms with Gasteiger partial charge in [-0.3, -0.25) is 0 Å². The van der Waals surface area contributed by atoms with Gasteiger partial charge in [0.1, 0.15) is 10.8 Å². The Kier molecular flexibility index (Phi) is 2.60. The van der Waals surface area contributed by atoms with Crippen LogP contribution in [0.25, 0.3) is 0 Å². The molecule has 0 spiro atoms. The van der Waals surface area contributed by atoms with Crippen LogP contribution in [0.2, 0.25) is 0 Å². The molecule has 0 radical (unpaired) electrons. The van der Waals surface area contributed by atoms with Crippen molar-refractivity contribution < 1.29 is 5.11 Å². The van der Waals surface area contributed by atoms with Gasteiger partial charge in [-0.1, -0.05) is 0 Å². The average Bonchev–Trinajstić information content (AvgIpc) is 2.87. The zero-order valence-corrected chi connectivity index (χ0v) is 8.61. The van der Waals surface area contributed by atoms with Crippen LogP contribution in [0, 0.1) is 0 Å². The van der Waals surface area contributed by atoms with Crippen molar-refractivity contribution in [2.24, 2.45) is 0 Å². The molecule has 74 valence electrons. The molecule has 14 heavy (non-hydrogen) atoms. The number of hydrogen-bond donors (Lipinski definition) is 1. The third-order valence-corrected chi connectivity index (χ3v) is 2.85. The van der Waals surface area contributed by atoms with Gasteiger partial charge in [0.25, 0.3) is 0 Å². The molecule has 2 aromatic heterocycles. The molecule has 4 nitrogen and oxygen atoms in total. The van der Waals surface area contributed by atoms with E-state index in [0.717, 1.165) is 6.54 Å². The summed E-state index contributed by atoms with van der Waals surface area (Å²) in [6.45, 7) is 2.82. The van der Waals surface area contributed by atoms with Gasteiger partial charge in [0.05, 0.1) is 0 Å². The normalized spacial score (nSPS) is 13.0. The Labute approximate surface area is 85.9 Å². The summed E-state index contributed by atoms with van der Waals surface area (Å²) >= 11 is 1.43. The van der Waals surface area contributed by atoms with Crippen molar-refractivity contribution in [3.63, 3.8) is 0 Å². The summed E-state index contributed by atoms with van der Waals surface area (Å²) in [6.07, 6.45) is 4.52. The van der Waals surface area contributed by atoms with Gasteiger partial charge in [-0.2, -0.15) is 0 Å². The van der Waals surface area contributed by atoms with E-state index in [1.165, 1.54) is 11.3 Å². The number of aromatic nitrogens is 3. The maximum Gasteiger partial charge on any atom is 0.163 e. The monoisotopic (exact) mass is 209 g/mol. The van der Waals surface area contributed by atoms with Crippen LogP contribution < -0.4 is 0 Å². The first-order chi connectivity index (χ1) is 6.83. The van der Waals surface area contributed by atoms with Gasteiger partial charge in [-0.25, -0.2) is 9.97 Å². The van der Waals surface area contributed by atoms with Crippen molar-refractivity contribution >= 4 is 11.3 Å². The van der Waals surface area contributed by atoms with Crippen molar-refractivity contribution in [3.05, 3.63) is 34.8 Å². The molecule has 1 N–H and O–H groups in total. The Hall–Kier alpha value is -1.20. The molecular weight excluding hydrogens is 198 g/mol. The summed E-state index contributed by atoms with van der Waals surface area (Å²) in [4.78, 5) is 8.19. The van der Waals surface area contributed by atoms with Crippen molar-refractivity contribution in [1.82, 2.24) is 14.5 Å². The van der Waals surface area contributed by atoms with E-state index in [4.69, 9.17) is 0 Å². The number of rotatable bonds is 3. The summed E-state index contributed by atoms with van der Waals surface area (Å²) in [5.41, 5.74) is 0. The van der Waals surface area contributed by atoms with Crippen LogP contribution in [-0.2, 0) is 6.54 Å². The van der Waals surface area contributed by atoms with Crippen LogP contribution >= 0.6 is 11.3 Å². The van der Waals surface area contributed by atoms with Crippen LogP contribution in [0.4, 0.5) is 0 Å². The molecule has 0 saturated carbocycles. The molecule has 0 aliphatic heterocycles. The minimum atomic E-state index is -0.704. The number of thiazole rings is 1. The lowest BCUT2D eigenvalue weighted by Crippen LogP contribution is -2.08. The van der Waals surface area contributed by atoms with E-state index < -0.39 is 6.10 Å². The molecule has 0 aliphatic carbocycles. The Morgan fingerprint density at radius 3 is 3.00 bits per heavy atom. The molecule has 1 unspecified atom stereocenters. The second kappa shape index (κ2) is 3.89. The first-order valence-electron chi connectivity index (χ1n) is 4.41. The van der Waals surface area contributed by atoms with E-state index in [1.54, 1.807) is 12.4 Å². The van der Waals surface area contributed by atoms with Crippen molar-refractivity contribution in [2.45, 2.75) is 19.6 Å². The molecule has 0 fully saturated rings. The van der Waals surface area contributed by atoms with E-state index >= 15 is 0 Å². The lowest BCUT2D eigenvalue weighted by molar-refractivity contribution is 0.204. The highest BCUT2D eigenvalue weighted by Gasteiger charge is 2.17. The molecular formula is C9H11N3OS. The number of aliphatic hydroxyl groups excluding tert-OH is 1. The van der Waals surface area contributed by atoms with Crippen molar-refractivity contribution in [1.29, 1.82) is 0 Å². The van der Waals surface area contributed by atoms with Gasteiger partial charge >= 0.3 is 0 Å². The predicted octanol–water partition coefficient (Wildman–Crippen LogP) is 1.44. The van der Waals surface area contributed by atoms with Gasteiger partial charge < -0.3 is 9.67 Å². The van der Waals surface area contributed by atoms with E-state index in [2.05, 4.69) is 9.97 Å². The molecule has 0 amide bonds. The van der Waals surface area contributed by atoms with Crippen LogP contribution in [0.1, 0.15) is 23.9 Å². The predicted molar refractivity (Wildman–Crippen MR) is 54.1 cm³/mol. The van der Waals surface area contributed by atoms with Gasteiger partial charge in [0.2, 0.25) is 0 Å². The van der Waals surface area contributed by atoms with Crippen molar-refractivity contribution in [2.75, 3.05) is 0 Å². The number of hydrogen-bond acceptors (Lipinski definition) is 4. The fourth-order valence-corrected chi connectivity index (χ4v) is 1.93. The second-order valence-electron chi connectivity index (χ2n) is 2.84. The van der Waals surface area contributed by atoms with Gasteiger partial charge in [-0.05, 0) is 6.92 Å². The Balaban J connectivity index is 2.31. The van der Waals surface area contributed by atoms with Gasteiger partial charge in [-0.15, -0.1) is 11.3 Å². The molecule has 0 saturated heterocycles. The standard InChI is InChI=1S/C9H11N3OS/c1-2-12-5-3-10-8(12)7(13)9-11-4-6-14-9/h3-7,13H,2H2,1H3. The highest BCUT2D eigenvalue weighted by atomic mass is 32.1. The SMILES string of the molecule is CCn1ccnc1C(O)c1nccs1. The molecule has 2 aromatic rings. The summed E-state index contributed by atoms with van der Waals surface area (Å²) in [5.74, 6) is 0.655. The lowest BCUT2D eigenvalue weighted by atomic mass is 10.3. The highest BCUT2D eigenvalue weighted by Crippen LogP contribution is 2.21. The number of imidazole rings is 1. The maximum absolute atomic E-state index is 9.95. The topological polar surface area (TPSA) is 50.9 Å².